The zero-order chi connectivity index (χ0) is 16.4. The van der Waals surface area contributed by atoms with Crippen molar-refractivity contribution in [1.82, 2.24) is 20.3 Å². The number of hydrogen-bond acceptors (Lipinski definition) is 8. The zero-order valence-corrected chi connectivity index (χ0v) is 15.0. The van der Waals surface area contributed by atoms with Crippen molar-refractivity contribution in [2.75, 3.05) is 5.32 Å². The molecule has 2 heterocycles. The molecule has 0 saturated carbocycles. The van der Waals surface area contributed by atoms with Gasteiger partial charge in [0.05, 0.1) is 5.25 Å². The second-order valence-corrected chi connectivity index (χ2v) is 7.80. The Morgan fingerprint density at radius 3 is 2.70 bits per heavy atom. The highest BCUT2D eigenvalue weighted by atomic mass is 32.2. The van der Waals surface area contributed by atoms with Crippen molar-refractivity contribution < 1.29 is 4.52 Å². The Morgan fingerprint density at radius 2 is 2.00 bits per heavy atom. The van der Waals surface area contributed by atoms with Gasteiger partial charge in [0, 0.05) is 5.69 Å². The van der Waals surface area contributed by atoms with E-state index in [4.69, 9.17) is 4.52 Å². The van der Waals surface area contributed by atoms with Crippen LogP contribution in [0.15, 0.2) is 27.1 Å². The number of thioether (sulfide) groups is 1. The molecule has 1 atom stereocenters. The Morgan fingerprint density at radius 1 is 1.17 bits per heavy atom. The minimum Gasteiger partial charge on any atom is -0.338 e. The van der Waals surface area contributed by atoms with Crippen LogP contribution in [0.4, 0.5) is 10.8 Å². The van der Waals surface area contributed by atoms with Gasteiger partial charge in [0.15, 0.2) is 10.2 Å². The van der Waals surface area contributed by atoms with Crippen LogP contribution in [-0.4, -0.2) is 20.3 Å². The molecule has 8 heteroatoms. The minimum absolute atomic E-state index is 0.0404. The quantitative estimate of drug-likeness (QED) is 0.683. The van der Waals surface area contributed by atoms with Crippen molar-refractivity contribution in [3.05, 3.63) is 41.0 Å². The summed E-state index contributed by atoms with van der Waals surface area (Å²) in [6.07, 6.45) is 0. The highest BCUT2D eigenvalue weighted by Gasteiger charge is 2.17. The van der Waals surface area contributed by atoms with Gasteiger partial charge in [0.25, 0.3) is 0 Å². The van der Waals surface area contributed by atoms with E-state index in [1.165, 1.54) is 22.5 Å². The molecule has 1 aromatic carbocycles. The minimum atomic E-state index is 0.0404. The topological polar surface area (TPSA) is 76.7 Å². The molecule has 23 heavy (non-hydrogen) atoms. The normalized spacial score (nSPS) is 12.3. The molecule has 0 amide bonds. The molecular weight excluding hydrogens is 330 g/mol. The summed E-state index contributed by atoms with van der Waals surface area (Å²) in [5.41, 5.74) is 3.53. The first-order valence-electron chi connectivity index (χ1n) is 7.16. The summed E-state index contributed by atoms with van der Waals surface area (Å²) in [5, 5.41) is 16.3. The molecule has 3 rings (SSSR count). The van der Waals surface area contributed by atoms with Crippen molar-refractivity contribution in [2.24, 2.45) is 0 Å². The highest BCUT2D eigenvalue weighted by molar-refractivity contribution is 8.01. The lowest BCUT2D eigenvalue weighted by atomic mass is 10.1. The third-order valence-electron chi connectivity index (χ3n) is 3.33. The zero-order valence-electron chi connectivity index (χ0n) is 13.3. The second-order valence-electron chi connectivity index (χ2n) is 5.24. The van der Waals surface area contributed by atoms with Gasteiger partial charge in [-0.1, -0.05) is 34.3 Å². The Kier molecular flexibility index (Phi) is 4.63. The van der Waals surface area contributed by atoms with Crippen LogP contribution >= 0.6 is 23.1 Å². The largest absolute Gasteiger partial charge is 0.338 e. The first-order valence-corrected chi connectivity index (χ1v) is 8.85. The van der Waals surface area contributed by atoms with Crippen LogP contribution in [0.3, 0.4) is 0 Å². The smallest absolute Gasteiger partial charge is 0.239 e. The van der Waals surface area contributed by atoms with Crippen molar-refractivity contribution in [3.63, 3.8) is 0 Å². The number of rotatable bonds is 5. The molecule has 1 unspecified atom stereocenters. The van der Waals surface area contributed by atoms with Crippen LogP contribution in [-0.2, 0) is 0 Å². The van der Waals surface area contributed by atoms with Gasteiger partial charge in [-0.05, 0) is 51.0 Å². The van der Waals surface area contributed by atoms with Crippen molar-refractivity contribution in [3.8, 4) is 0 Å². The summed E-state index contributed by atoms with van der Waals surface area (Å²) in [5.74, 6) is 1.24. The fourth-order valence-electron chi connectivity index (χ4n) is 1.93. The van der Waals surface area contributed by atoms with Gasteiger partial charge in [-0.15, -0.1) is 10.2 Å². The predicted molar refractivity (Wildman–Crippen MR) is 92.4 cm³/mol. The number of anilines is 2. The van der Waals surface area contributed by atoms with E-state index in [0.29, 0.717) is 11.7 Å². The molecule has 1 N–H and O–H groups in total. The third kappa shape index (κ3) is 3.89. The Bertz CT molecular complexity index is 814. The molecule has 120 valence electrons. The van der Waals surface area contributed by atoms with E-state index in [0.717, 1.165) is 15.2 Å². The maximum absolute atomic E-state index is 5.18. The SMILES string of the molecule is Cc1noc(C(C)Sc2nnc(Nc3ccc(C)c(C)c3)s2)n1. The average molecular weight is 347 g/mol. The molecular formula is C15H17N5OS2. The van der Waals surface area contributed by atoms with Crippen molar-refractivity contribution in [1.29, 1.82) is 0 Å². The molecule has 3 aromatic rings. The monoisotopic (exact) mass is 347 g/mol. The molecule has 6 nitrogen and oxygen atoms in total. The Hall–Kier alpha value is -1.93. The fraction of sp³-hybridized carbons (Fsp3) is 0.333. The summed E-state index contributed by atoms with van der Waals surface area (Å²) in [6.45, 7) is 8.01. The number of benzene rings is 1. The Balaban J connectivity index is 1.66. The molecule has 0 spiro atoms. The molecule has 0 aliphatic rings. The summed E-state index contributed by atoms with van der Waals surface area (Å²) < 4.78 is 6.04. The summed E-state index contributed by atoms with van der Waals surface area (Å²) in [6, 6.07) is 6.24. The van der Waals surface area contributed by atoms with Crippen LogP contribution in [0, 0.1) is 20.8 Å². The van der Waals surface area contributed by atoms with Gasteiger partial charge in [0.2, 0.25) is 11.0 Å². The van der Waals surface area contributed by atoms with Crippen LogP contribution in [0.25, 0.3) is 0 Å². The molecule has 0 radical (unpaired) electrons. The average Bonchev–Trinajstić information content (AvgIpc) is 3.12. The standard InChI is InChI=1S/C15H17N5OS2/c1-8-5-6-12(7-9(8)2)17-14-18-19-15(23-14)22-10(3)13-16-11(4)20-21-13/h5-7,10H,1-4H3,(H,17,18). The summed E-state index contributed by atoms with van der Waals surface area (Å²) in [7, 11) is 0. The first kappa shape index (κ1) is 15.9. The van der Waals surface area contributed by atoms with Gasteiger partial charge < -0.3 is 9.84 Å². The van der Waals surface area contributed by atoms with Crippen LogP contribution in [0.5, 0.6) is 0 Å². The maximum Gasteiger partial charge on any atom is 0.239 e. The fourth-order valence-corrected chi connectivity index (χ4v) is 3.88. The van der Waals surface area contributed by atoms with Crippen LogP contribution in [0.1, 0.15) is 35.0 Å². The van der Waals surface area contributed by atoms with E-state index in [1.54, 1.807) is 18.7 Å². The summed E-state index contributed by atoms with van der Waals surface area (Å²) >= 11 is 3.06. The lowest BCUT2D eigenvalue weighted by Gasteiger charge is -2.05. The third-order valence-corrected chi connectivity index (χ3v) is 5.34. The van der Waals surface area contributed by atoms with Gasteiger partial charge >= 0.3 is 0 Å². The van der Waals surface area contributed by atoms with E-state index in [-0.39, 0.29) is 5.25 Å². The molecule has 0 aliphatic heterocycles. The summed E-state index contributed by atoms with van der Waals surface area (Å²) in [4.78, 5) is 4.24. The van der Waals surface area contributed by atoms with E-state index < -0.39 is 0 Å². The highest BCUT2D eigenvalue weighted by Crippen LogP contribution is 2.37. The Labute approximate surface area is 142 Å². The molecule has 2 aromatic heterocycles. The van der Waals surface area contributed by atoms with Crippen LogP contribution < -0.4 is 5.32 Å². The number of nitrogens with one attached hydrogen (secondary N) is 1. The van der Waals surface area contributed by atoms with Gasteiger partial charge in [0.1, 0.15) is 0 Å². The lowest BCUT2D eigenvalue weighted by Crippen LogP contribution is -1.91. The van der Waals surface area contributed by atoms with Gasteiger partial charge in [-0.3, -0.25) is 0 Å². The molecule has 0 fully saturated rings. The predicted octanol–water partition coefficient (Wildman–Crippen LogP) is 4.44. The first-order chi connectivity index (χ1) is 11.0. The van der Waals surface area contributed by atoms with Crippen LogP contribution in [0.2, 0.25) is 0 Å². The number of aromatic nitrogens is 4. The lowest BCUT2D eigenvalue weighted by molar-refractivity contribution is 0.376. The van der Waals surface area contributed by atoms with Gasteiger partial charge in [-0.25, -0.2) is 0 Å². The van der Waals surface area contributed by atoms with E-state index in [1.807, 2.05) is 13.0 Å². The van der Waals surface area contributed by atoms with Crippen molar-refractivity contribution in [2.45, 2.75) is 37.3 Å². The number of hydrogen-bond donors (Lipinski definition) is 1. The van der Waals surface area contributed by atoms with Crippen molar-refractivity contribution >= 4 is 33.9 Å². The van der Waals surface area contributed by atoms with E-state index in [9.17, 15) is 0 Å². The van der Waals surface area contributed by atoms with E-state index in [2.05, 4.69) is 51.6 Å². The molecule has 0 saturated heterocycles. The van der Waals surface area contributed by atoms with Gasteiger partial charge in [-0.2, -0.15) is 4.98 Å². The second kappa shape index (κ2) is 6.67. The number of nitrogens with zero attached hydrogens (tertiary/aromatic N) is 4. The maximum atomic E-state index is 5.18. The van der Waals surface area contributed by atoms with E-state index >= 15 is 0 Å². The number of aryl methyl sites for hydroxylation is 3. The molecule has 0 bridgehead atoms. The molecule has 0 aliphatic carbocycles.